The van der Waals surface area contributed by atoms with Crippen LogP contribution in [0.15, 0.2) is 51.8 Å². The minimum atomic E-state index is -3.76. The van der Waals surface area contributed by atoms with Gasteiger partial charge < -0.3 is 10.4 Å². The summed E-state index contributed by atoms with van der Waals surface area (Å²) in [6, 6.07) is 11.7. The van der Waals surface area contributed by atoms with Crippen molar-refractivity contribution in [3.8, 4) is 16.2 Å². The first-order chi connectivity index (χ1) is 14.2. The minimum absolute atomic E-state index is 0.125. The predicted octanol–water partition coefficient (Wildman–Crippen LogP) is 4.07. The number of aromatic nitrogens is 1. The van der Waals surface area contributed by atoms with Crippen LogP contribution in [-0.4, -0.2) is 31.0 Å². The van der Waals surface area contributed by atoms with Crippen molar-refractivity contribution in [3.63, 3.8) is 0 Å². The fourth-order valence-corrected chi connectivity index (χ4v) is 5.82. The summed E-state index contributed by atoms with van der Waals surface area (Å²) < 4.78 is 28.8. The molecule has 1 amide bonds. The molecule has 0 aliphatic rings. The topological polar surface area (TPSA) is 108 Å². The van der Waals surface area contributed by atoms with Gasteiger partial charge in [0.1, 0.15) is 5.75 Å². The molecular weight excluding hydrogens is 490 g/mol. The smallest absolute Gasteiger partial charge is 0.241 e. The Morgan fingerprint density at radius 3 is 2.57 bits per heavy atom. The number of halogens is 1. The lowest BCUT2D eigenvalue weighted by Crippen LogP contribution is -2.26. The van der Waals surface area contributed by atoms with E-state index in [1.165, 1.54) is 18.3 Å². The Hall–Kier alpha value is -2.27. The fourth-order valence-electron chi connectivity index (χ4n) is 2.79. The largest absolute Gasteiger partial charge is 0.508 e. The van der Waals surface area contributed by atoms with E-state index in [2.05, 4.69) is 31.0 Å². The first-order valence-electron chi connectivity index (χ1n) is 8.98. The van der Waals surface area contributed by atoms with Crippen molar-refractivity contribution in [3.05, 3.63) is 58.2 Å². The van der Waals surface area contributed by atoms with Gasteiger partial charge in [0.05, 0.1) is 15.5 Å². The predicted molar refractivity (Wildman–Crippen MR) is 121 cm³/mol. The van der Waals surface area contributed by atoms with Gasteiger partial charge in [0.25, 0.3) is 0 Å². The second kappa shape index (κ2) is 9.25. The molecule has 0 aliphatic carbocycles. The van der Waals surface area contributed by atoms with Crippen LogP contribution in [0.25, 0.3) is 10.4 Å². The van der Waals surface area contributed by atoms with E-state index in [4.69, 9.17) is 0 Å². The quantitative estimate of drug-likeness (QED) is 0.444. The number of carbonyl (C=O) groups is 1. The van der Waals surface area contributed by atoms with Gasteiger partial charge in [-0.05, 0) is 64.7 Å². The summed E-state index contributed by atoms with van der Waals surface area (Å²) in [5, 5.41) is 12.5. The van der Waals surface area contributed by atoms with E-state index in [1.54, 1.807) is 42.5 Å². The Bertz CT molecular complexity index is 1180. The number of phenols is 1. The van der Waals surface area contributed by atoms with E-state index in [9.17, 15) is 18.3 Å². The number of sulfonamides is 1. The molecule has 0 spiro atoms. The molecular formula is C20H20BrN3O4S2. The zero-order valence-electron chi connectivity index (χ0n) is 16.3. The molecule has 1 heterocycles. The standard InChI is InChI=1S/C20H20BrN3O4S2/c1-12-19(29-20(23-12)24-13(2)25)15-5-8-17(21)18(11-15)30(27,28)22-10-9-14-3-6-16(26)7-4-14/h3-8,11,22,26H,9-10H2,1-2H3,(H,23,24,25). The number of hydrogen-bond acceptors (Lipinski definition) is 6. The van der Waals surface area contributed by atoms with E-state index in [0.717, 1.165) is 10.4 Å². The van der Waals surface area contributed by atoms with Crippen LogP contribution in [0.1, 0.15) is 18.2 Å². The normalized spacial score (nSPS) is 11.4. The number of aromatic hydroxyl groups is 1. The molecule has 3 aromatic rings. The highest BCUT2D eigenvalue weighted by atomic mass is 79.9. The molecule has 0 saturated heterocycles. The zero-order chi connectivity index (χ0) is 21.9. The molecule has 0 unspecified atom stereocenters. The molecule has 10 heteroatoms. The first kappa shape index (κ1) is 22.4. The molecule has 0 atom stereocenters. The van der Waals surface area contributed by atoms with Crippen LogP contribution < -0.4 is 10.0 Å². The lowest BCUT2D eigenvalue weighted by atomic mass is 10.1. The third-order valence-corrected chi connectivity index (χ3v) is 7.78. The monoisotopic (exact) mass is 509 g/mol. The molecule has 2 aromatic carbocycles. The number of rotatable bonds is 7. The summed E-state index contributed by atoms with van der Waals surface area (Å²) in [5.41, 5.74) is 2.31. The molecule has 3 rings (SSSR count). The summed E-state index contributed by atoms with van der Waals surface area (Å²) in [6.45, 7) is 3.43. The number of aryl methyl sites for hydroxylation is 1. The van der Waals surface area contributed by atoms with Gasteiger partial charge in [0.2, 0.25) is 15.9 Å². The molecule has 30 heavy (non-hydrogen) atoms. The molecule has 3 N–H and O–H groups in total. The summed E-state index contributed by atoms with van der Waals surface area (Å²) in [7, 11) is -3.76. The Balaban J connectivity index is 1.80. The van der Waals surface area contributed by atoms with Crippen molar-refractivity contribution in [2.24, 2.45) is 0 Å². The van der Waals surface area contributed by atoms with E-state index in [-0.39, 0.29) is 23.1 Å². The maximum Gasteiger partial charge on any atom is 0.241 e. The van der Waals surface area contributed by atoms with Crippen LogP contribution in [-0.2, 0) is 21.2 Å². The second-order valence-electron chi connectivity index (χ2n) is 6.57. The lowest BCUT2D eigenvalue weighted by molar-refractivity contribution is -0.114. The van der Waals surface area contributed by atoms with Gasteiger partial charge in [-0.3, -0.25) is 4.79 Å². The summed E-state index contributed by atoms with van der Waals surface area (Å²) in [6.07, 6.45) is 0.491. The van der Waals surface area contributed by atoms with Gasteiger partial charge in [-0.1, -0.05) is 29.5 Å². The third kappa shape index (κ3) is 5.45. The van der Waals surface area contributed by atoms with Crippen LogP contribution in [0.2, 0.25) is 0 Å². The SMILES string of the molecule is CC(=O)Nc1nc(C)c(-c2ccc(Br)c(S(=O)(=O)NCCc3ccc(O)cc3)c2)s1. The van der Waals surface area contributed by atoms with Gasteiger partial charge in [0.15, 0.2) is 5.13 Å². The number of carbonyl (C=O) groups excluding carboxylic acids is 1. The molecule has 0 fully saturated rings. The van der Waals surface area contributed by atoms with Gasteiger partial charge in [-0.2, -0.15) is 0 Å². The molecule has 0 aliphatic heterocycles. The van der Waals surface area contributed by atoms with Crippen LogP contribution in [0.5, 0.6) is 5.75 Å². The van der Waals surface area contributed by atoms with Crippen molar-refractivity contribution in [1.82, 2.24) is 9.71 Å². The maximum atomic E-state index is 12.9. The summed E-state index contributed by atoms with van der Waals surface area (Å²) in [5.74, 6) is -0.0488. The van der Waals surface area contributed by atoms with Crippen molar-refractivity contribution < 1.29 is 18.3 Å². The van der Waals surface area contributed by atoms with Gasteiger partial charge in [-0.15, -0.1) is 0 Å². The molecule has 0 radical (unpaired) electrons. The molecule has 7 nitrogen and oxygen atoms in total. The highest BCUT2D eigenvalue weighted by Crippen LogP contribution is 2.35. The second-order valence-corrected chi connectivity index (χ2v) is 10.2. The lowest BCUT2D eigenvalue weighted by Gasteiger charge is -2.10. The first-order valence-corrected chi connectivity index (χ1v) is 12.1. The number of amides is 1. The maximum absolute atomic E-state index is 12.9. The number of thiazole rings is 1. The number of nitrogens with zero attached hydrogens (tertiary/aromatic N) is 1. The van der Waals surface area contributed by atoms with Crippen molar-refractivity contribution in [1.29, 1.82) is 0 Å². The Kier molecular flexibility index (Phi) is 6.91. The fraction of sp³-hybridized carbons (Fsp3) is 0.200. The Morgan fingerprint density at radius 1 is 1.20 bits per heavy atom. The highest BCUT2D eigenvalue weighted by Gasteiger charge is 2.20. The van der Waals surface area contributed by atoms with Gasteiger partial charge >= 0.3 is 0 Å². The summed E-state index contributed by atoms with van der Waals surface area (Å²) >= 11 is 4.61. The average Bonchev–Trinajstić information content (AvgIpc) is 3.03. The minimum Gasteiger partial charge on any atom is -0.508 e. The molecule has 158 valence electrons. The highest BCUT2D eigenvalue weighted by molar-refractivity contribution is 9.10. The van der Waals surface area contributed by atoms with Crippen molar-refractivity contribution >= 4 is 48.3 Å². The molecule has 0 bridgehead atoms. The average molecular weight is 510 g/mol. The van der Waals surface area contributed by atoms with Crippen LogP contribution in [0, 0.1) is 6.92 Å². The van der Waals surface area contributed by atoms with E-state index in [0.29, 0.717) is 27.3 Å². The number of nitrogens with one attached hydrogen (secondary N) is 2. The number of phenolic OH excluding ortho intramolecular Hbond substituents is 1. The van der Waals surface area contributed by atoms with Crippen molar-refractivity contribution in [2.45, 2.75) is 25.2 Å². The number of hydrogen-bond donors (Lipinski definition) is 3. The van der Waals surface area contributed by atoms with E-state index < -0.39 is 10.0 Å². The van der Waals surface area contributed by atoms with E-state index in [1.807, 2.05) is 6.92 Å². The number of anilines is 1. The van der Waals surface area contributed by atoms with Crippen LogP contribution in [0.3, 0.4) is 0 Å². The van der Waals surface area contributed by atoms with Gasteiger partial charge in [0, 0.05) is 17.9 Å². The van der Waals surface area contributed by atoms with Crippen LogP contribution in [0.4, 0.5) is 5.13 Å². The van der Waals surface area contributed by atoms with Gasteiger partial charge in [-0.25, -0.2) is 18.1 Å². The number of benzene rings is 2. The Labute approximate surface area is 187 Å². The van der Waals surface area contributed by atoms with Crippen molar-refractivity contribution in [2.75, 3.05) is 11.9 Å². The molecule has 1 aromatic heterocycles. The van der Waals surface area contributed by atoms with E-state index >= 15 is 0 Å². The molecule has 0 saturated carbocycles. The Morgan fingerprint density at radius 2 is 1.90 bits per heavy atom. The van der Waals surface area contributed by atoms with Crippen LogP contribution >= 0.6 is 27.3 Å². The summed E-state index contributed by atoms with van der Waals surface area (Å²) in [4.78, 5) is 16.5. The third-order valence-electron chi connectivity index (χ3n) is 4.20. The zero-order valence-corrected chi connectivity index (χ0v) is 19.5.